The Morgan fingerprint density at radius 3 is 2.67 bits per heavy atom. The van der Waals surface area contributed by atoms with Crippen molar-refractivity contribution in [3.8, 4) is 0 Å². The van der Waals surface area contributed by atoms with Gasteiger partial charge in [-0.3, -0.25) is 4.79 Å². The van der Waals surface area contributed by atoms with Crippen LogP contribution in [0.1, 0.15) is 12.8 Å². The van der Waals surface area contributed by atoms with Gasteiger partial charge in [0.15, 0.2) is 0 Å². The predicted octanol–water partition coefficient (Wildman–Crippen LogP) is 0.469. The zero-order chi connectivity index (χ0) is 12.8. The van der Waals surface area contributed by atoms with Crippen molar-refractivity contribution >= 4 is 11.7 Å². The summed E-state index contributed by atoms with van der Waals surface area (Å²) in [4.78, 5) is 20.3. The summed E-state index contributed by atoms with van der Waals surface area (Å²) in [5.74, 6) is 1.22. The molecule has 1 fully saturated rings. The van der Waals surface area contributed by atoms with E-state index in [1.54, 1.807) is 6.20 Å². The highest BCUT2D eigenvalue weighted by molar-refractivity contribution is 5.76. The number of amides is 1. The standard InChI is InChI=1S/C13H20N4O/c14-6-3-5-13(18)17-10-8-16(9-11-17)12-4-1-2-7-15-12/h1-2,4,7H,3,5-6,8-11,14H2. The second-order valence-corrected chi connectivity index (χ2v) is 4.45. The average molecular weight is 248 g/mol. The van der Waals surface area contributed by atoms with Crippen molar-refractivity contribution in [2.45, 2.75) is 12.8 Å². The van der Waals surface area contributed by atoms with Gasteiger partial charge in [0.1, 0.15) is 5.82 Å². The van der Waals surface area contributed by atoms with Crippen molar-refractivity contribution in [2.75, 3.05) is 37.6 Å². The lowest BCUT2D eigenvalue weighted by Gasteiger charge is -2.35. The molecule has 1 aliphatic heterocycles. The minimum atomic E-state index is 0.223. The predicted molar refractivity (Wildman–Crippen MR) is 71.3 cm³/mol. The molecule has 5 heteroatoms. The molecule has 0 spiro atoms. The first kappa shape index (κ1) is 12.8. The van der Waals surface area contributed by atoms with Crippen molar-refractivity contribution in [3.63, 3.8) is 0 Å². The first-order valence-corrected chi connectivity index (χ1v) is 6.45. The lowest BCUT2D eigenvalue weighted by molar-refractivity contribution is -0.131. The van der Waals surface area contributed by atoms with Crippen molar-refractivity contribution in [1.82, 2.24) is 9.88 Å². The van der Waals surface area contributed by atoms with Gasteiger partial charge in [-0.25, -0.2) is 4.98 Å². The van der Waals surface area contributed by atoms with Gasteiger partial charge in [-0.05, 0) is 25.1 Å². The molecule has 1 aliphatic rings. The van der Waals surface area contributed by atoms with Gasteiger partial charge < -0.3 is 15.5 Å². The van der Waals surface area contributed by atoms with E-state index in [0.29, 0.717) is 13.0 Å². The molecule has 1 amide bonds. The van der Waals surface area contributed by atoms with E-state index in [2.05, 4.69) is 9.88 Å². The van der Waals surface area contributed by atoms with Crippen molar-refractivity contribution in [3.05, 3.63) is 24.4 Å². The molecule has 18 heavy (non-hydrogen) atoms. The number of aromatic nitrogens is 1. The average Bonchev–Trinajstić information content (AvgIpc) is 2.46. The Kier molecular flexibility index (Phi) is 4.52. The molecule has 98 valence electrons. The molecule has 2 rings (SSSR count). The maximum Gasteiger partial charge on any atom is 0.222 e. The summed E-state index contributed by atoms with van der Waals surface area (Å²) in [7, 11) is 0. The Morgan fingerprint density at radius 2 is 2.06 bits per heavy atom. The number of hydrogen-bond donors (Lipinski definition) is 1. The summed E-state index contributed by atoms with van der Waals surface area (Å²) in [6.45, 7) is 3.84. The van der Waals surface area contributed by atoms with Gasteiger partial charge >= 0.3 is 0 Å². The van der Waals surface area contributed by atoms with Crippen LogP contribution in [-0.2, 0) is 4.79 Å². The van der Waals surface area contributed by atoms with Gasteiger partial charge in [0, 0.05) is 38.8 Å². The number of nitrogens with two attached hydrogens (primary N) is 1. The molecule has 0 aliphatic carbocycles. The van der Waals surface area contributed by atoms with Crippen LogP contribution in [0.4, 0.5) is 5.82 Å². The number of rotatable bonds is 4. The van der Waals surface area contributed by atoms with E-state index >= 15 is 0 Å². The third kappa shape index (κ3) is 3.20. The van der Waals surface area contributed by atoms with Gasteiger partial charge in [-0.1, -0.05) is 6.07 Å². The van der Waals surface area contributed by atoms with Gasteiger partial charge in [-0.15, -0.1) is 0 Å². The summed E-state index contributed by atoms with van der Waals surface area (Å²) in [5, 5.41) is 0. The third-order valence-electron chi connectivity index (χ3n) is 3.20. The minimum absolute atomic E-state index is 0.223. The first-order chi connectivity index (χ1) is 8.81. The maximum atomic E-state index is 11.8. The Balaban J connectivity index is 1.83. The molecule has 1 saturated heterocycles. The monoisotopic (exact) mass is 248 g/mol. The minimum Gasteiger partial charge on any atom is -0.353 e. The molecule has 0 aromatic carbocycles. The van der Waals surface area contributed by atoms with Crippen molar-refractivity contribution in [2.24, 2.45) is 5.73 Å². The smallest absolute Gasteiger partial charge is 0.222 e. The molecule has 0 atom stereocenters. The number of carbonyl (C=O) groups is 1. The molecule has 0 radical (unpaired) electrons. The number of nitrogens with zero attached hydrogens (tertiary/aromatic N) is 3. The molecular weight excluding hydrogens is 228 g/mol. The molecule has 5 nitrogen and oxygen atoms in total. The SMILES string of the molecule is NCCCC(=O)N1CCN(c2ccccn2)CC1. The number of pyridine rings is 1. The molecule has 0 unspecified atom stereocenters. The molecule has 1 aromatic rings. The highest BCUT2D eigenvalue weighted by atomic mass is 16.2. The highest BCUT2D eigenvalue weighted by Crippen LogP contribution is 2.13. The maximum absolute atomic E-state index is 11.8. The van der Waals surface area contributed by atoms with Crippen LogP contribution in [0.2, 0.25) is 0 Å². The molecule has 1 aromatic heterocycles. The Labute approximate surface area is 108 Å². The van der Waals surface area contributed by atoms with Crippen LogP contribution in [-0.4, -0.2) is 48.5 Å². The third-order valence-corrected chi connectivity index (χ3v) is 3.20. The fraction of sp³-hybridized carbons (Fsp3) is 0.538. The summed E-state index contributed by atoms with van der Waals surface area (Å²) >= 11 is 0. The van der Waals surface area contributed by atoms with E-state index in [1.165, 1.54) is 0 Å². The van der Waals surface area contributed by atoms with Crippen molar-refractivity contribution in [1.29, 1.82) is 0 Å². The van der Waals surface area contributed by atoms with Crippen molar-refractivity contribution < 1.29 is 4.79 Å². The van der Waals surface area contributed by atoms with Gasteiger partial charge in [-0.2, -0.15) is 0 Å². The number of hydrogen-bond acceptors (Lipinski definition) is 4. The van der Waals surface area contributed by atoms with Crippen LogP contribution in [0.5, 0.6) is 0 Å². The molecule has 2 N–H and O–H groups in total. The van der Waals surface area contributed by atoms with Crippen LogP contribution < -0.4 is 10.6 Å². The zero-order valence-corrected chi connectivity index (χ0v) is 10.6. The van der Waals surface area contributed by atoms with E-state index in [9.17, 15) is 4.79 Å². The van der Waals surface area contributed by atoms with Crippen LogP contribution in [0.15, 0.2) is 24.4 Å². The Hall–Kier alpha value is -1.62. The van der Waals surface area contributed by atoms with E-state index < -0.39 is 0 Å². The fourth-order valence-electron chi connectivity index (χ4n) is 2.14. The topological polar surface area (TPSA) is 62.5 Å². The fourth-order valence-corrected chi connectivity index (χ4v) is 2.14. The highest BCUT2D eigenvalue weighted by Gasteiger charge is 2.20. The molecule has 2 heterocycles. The largest absolute Gasteiger partial charge is 0.353 e. The van der Waals surface area contributed by atoms with E-state index in [0.717, 1.165) is 38.4 Å². The lowest BCUT2D eigenvalue weighted by atomic mass is 10.2. The van der Waals surface area contributed by atoms with Crippen LogP contribution in [0, 0.1) is 0 Å². The van der Waals surface area contributed by atoms with Gasteiger partial charge in [0.25, 0.3) is 0 Å². The normalized spacial score (nSPS) is 15.8. The summed E-state index contributed by atoms with van der Waals surface area (Å²) in [6.07, 6.45) is 3.15. The lowest BCUT2D eigenvalue weighted by Crippen LogP contribution is -2.49. The van der Waals surface area contributed by atoms with E-state index in [1.807, 2.05) is 23.1 Å². The van der Waals surface area contributed by atoms with Gasteiger partial charge in [0.2, 0.25) is 5.91 Å². The summed E-state index contributed by atoms with van der Waals surface area (Å²) < 4.78 is 0. The molecular formula is C13H20N4O. The summed E-state index contributed by atoms with van der Waals surface area (Å²) in [6, 6.07) is 5.91. The quantitative estimate of drug-likeness (QED) is 0.841. The number of piperazine rings is 1. The zero-order valence-electron chi connectivity index (χ0n) is 10.6. The molecule has 0 saturated carbocycles. The second kappa shape index (κ2) is 6.35. The number of carbonyl (C=O) groups excluding carboxylic acids is 1. The van der Waals surface area contributed by atoms with Gasteiger partial charge in [0.05, 0.1) is 0 Å². The Morgan fingerprint density at radius 1 is 1.28 bits per heavy atom. The van der Waals surface area contributed by atoms with Crippen LogP contribution in [0.25, 0.3) is 0 Å². The second-order valence-electron chi connectivity index (χ2n) is 4.45. The molecule has 0 bridgehead atoms. The summed E-state index contributed by atoms with van der Waals surface area (Å²) in [5.41, 5.74) is 5.42. The van der Waals surface area contributed by atoms with Crippen LogP contribution in [0.3, 0.4) is 0 Å². The van der Waals surface area contributed by atoms with Crippen LogP contribution >= 0.6 is 0 Å². The number of anilines is 1. The van der Waals surface area contributed by atoms with E-state index in [4.69, 9.17) is 5.73 Å². The first-order valence-electron chi connectivity index (χ1n) is 6.45. The van der Waals surface area contributed by atoms with E-state index in [-0.39, 0.29) is 5.91 Å². The Bertz CT molecular complexity index is 374.